The van der Waals surface area contributed by atoms with E-state index in [2.05, 4.69) is 32.7 Å². The van der Waals surface area contributed by atoms with Crippen LogP contribution in [0.3, 0.4) is 0 Å². The number of hydrogen-bond acceptors (Lipinski definition) is 4. The molecule has 2 heterocycles. The van der Waals surface area contributed by atoms with Crippen LogP contribution in [0.25, 0.3) is 0 Å². The molecule has 4 nitrogen and oxygen atoms in total. The minimum Gasteiger partial charge on any atom is -0.339 e. The number of hydrogen-bond donors (Lipinski definition) is 1. The summed E-state index contributed by atoms with van der Waals surface area (Å²) < 4.78 is 0. The van der Waals surface area contributed by atoms with E-state index in [0.717, 1.165) is 23.7 Å². The van der Waals surface area contributed by atoms with Crippen LogP contribution in [0.5, 0.6) is 0 Å². The van der Waals surface area contributed by atoms with Gasteiger partial charge in [0.1, 0.15) is 0 Å². The number of rotatable bonds is 3. The van der Waals surface area contributed by atoms with Crippen LogP contribution in [0.4, 0.5) is 0 Å². The quantitative estimate of drug-likeness (QED) is 0.892. The second-order valence-corrected chi connectivity index (χ2v) is 7.66. The van der Waals surface area contributed by atoms with Crippen molar-refractivity contribution in [2.24, 2.45) is 11.7 Å². The Morgan fingerprint density at radius 2 is 2.09 bits per heavy atom. The van der Waals surface area contributed by atoms with Crippen LogP contribution in [-0.2, 0) is 16.6 Å². The third kappa shape index (κ3) is 5.08. The average Bonchev–Trinajstić information content (AvgIpc) is 2.94. The van der Waals surface area contributed by atoms with Crippen molar-refractivity contribution in [1.29, 1.82) is 0 Å². The average molecular weight is 368 g/mol. The zero-order valence-corrected chi connectivity index (χ0v) is 16.1. The number of thiazole rings is 1. The fourth-order valence-corrected chi connectivity index (χ4v) is 3.56. The molecule has 0 radical (unpaired) electrons. The van der Waals surface area contributed by atoms with E-state index in [-0.39, 0.29) is 36.1 Å². The van der Waals surface area contributed by atoms with E-state index in [1.165, 1.54) is 0 Å². The highest BCUT2D eigenvalue weighted by molar-refractivity contribution is 7.09. The standard InChI is InChI=1S/C15H25N3OS.2ClH/c1-10-5-11(7-16)8-18(10)13(19)6-12-9-20-14(17-12)15(2,3)4;;/h9-11H,5-8,16H2,1-4H3;2*1H. The van der Waals surface area contributed by atoms with Crippen molar-refractivity contribution in [2.45, 2.75) is 52.0 Å². The van der Waals surface area contributed by atoms with E-state index in [1.54, 1.807) is 11.3 Å². The molecule has 2 rings (SSSR count). The number of aromatic nitrogens is 1. The van der Waals surface area contributed by atoms with Gasteiger partial charge in [-0.15, -0.1) is 36.2 Å². The number of amides is 1. The lowest BCUT2D eigenvalue weighted by Gasteiger charge is -2.21. The molecule has 1 fully saturated rings. The first-order valence-electron chi connectivity index (χ1n) is 7.25. The molecule has 0 aliphatic carbocycles. The molecular formula is C15H27Cl2N3OS. The van der Waals surface area contributed by atoms with Gasteiger partial charge in [0.25, 0.3) is 0 Å². The second-order valence-electron chi connectivity index (χ2n) is 6.80. The summed E-state index contributed by atoms with van der Waals surface area (Å²) in [7, 11) is 0. The maximum atomic E-state index is 12.4. The summed E-state index contributed by atoms with van der Waals surface area (Å²) in [5, 5.41) is 3.11. The van der Waals surface area contributed by atoms with Gasteiger partial charge in [-0.2, -0.15) is 0 Å². The number of halogens is 2. The smallest absolute Gasteiger partial charge is 0.228 e. The van der Waals surface area contributed by atoms with Gasteiger partial charge in [0.15, 0.2) is 0 Å². The number of carbonyl (C=O) groups is 1. The molecule has 2 unspecified atom stereocenters. The maximum absolute atomic E-state index is 12.4. The molecule has 0 aromatic carbocycles. The lowest BCUT2D eigenvalue weighted by molar-refractivity contribution is -0.131. The fraction of sp³-hybridized carbons (Fsp3) is 0.733. The van der Waals surface area contributed by atoms with Crippen molar-refractivity contribution in [1.82, 2.24) is 9.88 Å². The van der Waals surface area contributed by atoms with Gasteiger partial charge >= 0.3 is 0 Å². The molecule has 1 amide bonds. The number of carbonyl (C=O) groups excluding carboxylic acids is 1. The molecule has 0 bridgehead atoms. The zero-order valence-electron chi connectivity index (χ0n) is 13.7. The van der Waals surface area contributed by atoms with Crippen molar-refractivity contribution in [3.63, 3.8) is 0 Å². The summed E-state index contributed by atoms with van der Waals surface area (Å²) in [5.41, 5.74) is 6.66. The summed E-state index contributed by atoms with van der Waals surface area (Å²) in [6.07, 6.45) is 1.43. The molecule has 2 atom stereocenters. The molecule has 0 saturated carbocycles. The van der Waals surface area contributed by atoms with Crippen LogP contribution in [0, 0.1) is 5.92 Å². The summed E-state index contributed by atoms with van der Waals surface area (Å²) in [6.45, 7) is 10.0. The highest BCUT2D eigenvalue weighted by Crippen LogP contribution is 2.27. The first-order valence-corrected chi connectivity index (χ1v) is 8.13. The number of nitrogens with two attached hydrogens (primary N) is 1. The molecule has 1 saturated heterocycles. The van der Waals surface area contributed by atoms with E-state index >= 15 is 0 Å². The van der Waals surface area contributed by atoms with E-state index in [9.17, 15) is 4.79 Å². The Bertz CT molecular complexity index is 487. The highest BCUT2D eigenvalue weighted by Gasteiger charge is 2.31. The van der Waals surface area contributed by atoms with Crippen LogP contribution in [-0.4, -0.2) is 34.9 Å². The zero-order chi connectivity index (χ0) is 14.9. The van der Waals surface area contributed by atoms with Crippen molar-refractivity contribution >= 4 is 42.1 Å². The third-order valence-electron chi connectivity index (χ3n) is 3.84. The maximum Gasteiger partial charge on any atom is 0.228 e. The lowest BCUT2D eigenvalue weighted by atomic mass is 9.98. The minimum absolute atomic E-state index is 0. The first kappa shape index (κ1) is 21.6. The molecular weight excluding hydrogens is 341 g/mol. The van der Waals surface area contributed by atoms with Crippen molar-refractivity contribution in [3.8, 4) is 0 Å². The van der Waals surface area contributed by atoms with Crippen molar-refractivity contribution in [3.05, 3.63) is 16.1 Å². The molecule has 7 heteroatoms. The van der Waals surface area contributed by atoms with Crippen molar-refractivity contribution < 1.29 is 4.79 Å². The number of likely N-dealkylation sites (tertiary alicyclic amines) is 1. The minimum atomic E-state index is 0. The van der Waals surface area contributed by atoms with Gasteiger partial charge in [-0.05, 0) is 25.8 Å². The Labute approximate surface area is 149 Å². The van der Waals surface area contributed by atoms with Gasteiger partial charge in [0.05, 0.1) is 17.1 Å². The van der Waals surface area contributed by atoms with Crippen LogP contribution in [0.2, 0.25) is 0 Å². The SMILES string of the molecule is CC1CC(CN)CN1C(=O)Cc1csc(C(C)(C)C)n1.Cl.Cl. The van der Waals surface area contributed by atoms with Gasteiger partial charge in [-0.3, -0.25) is 4.79 Å². The summed E-state index contributed by atoms with van der Waals surface area (Å²) >= 11 is 1.65. The van der Waals surface area contributed by atoms with E-state index in [4.69, 9.17) is 5.73 Å². The van der Waals surface area contributed by atoms with Gasteiger partial charge in [0.2, 0.25) is 5.91 Å². The van der Waals surface area contributed by atoms with Crippen molar-refractivity contribution in [2.75, 3.05) is 13.1 Å². The Kier molecular flexibility index (Phi) is 8.34. The van der Waals surface area contributed by atoms with Gasteiger partial charge in [-0.25, -0.2) is 4.98 Å². The van der Waals surface area contributed by atoms with Gasteiger partial charge in [-0.1, -0.05) is 20.8 Å². The van der Waals surface area contributed by atoms with Gasteiger partial charge in [0, 0.05) is 23.4 Å². The molecule has 1 aliphatic rings. The summed E-state index contributed by atoms with van der Waals surface area (Å²) in [6, 6.07) is 0.303. The Hall–Kier alpha value is -0.360. The highest BCUT2D eigenvalue weighted by atomic mass is 35.5. The fourth-order valence-electron chi connectivity index (χ4n) is 2.65. The topological polar surface area (TPSA) is 59.2 Å². The van der Waals surface area contributed by atoms with Crippen LogP contribution in [0.15, 0.2) is 5.38 Å². The number of nitrogens with zero attached hydrogens (tertiary/aromatic N) is 2. The third-order valence-corrected chi connectivity index (χ3v) is 5.16. The van der Waals surface area contributed by atoms with E-state index in [0.29, 0.717) is 24.9 Å². The molecule has 1 aromatic heterocycles. The van der Waals surface area contributed by atoms with Crippen LogP contribution >= 0.6 is 36.2 Å². The molecule has 1 aliphatic heterocycles. The Balaban J connectivity index is 0.00000220. The largest absolute Gasteiger partial charge is 0.339 e. The Morgan fingerprint density at radius 1 is 1.45 bits per heavy atom. The lowest BCUT2D eigenvalue weighted by Crippen LogP contribution is -2.35. The Morgan fingerprint density at radius 3 is 2.55 bits per heavy atom. The predicted octanol–water partition coefficient (Wildman–Crippen LogP) is 3.02. The van der Waals surface area contributed by atoms with Crippen LogP contribution < -0.4 is 5.73 Å². The first-order chi connectivity index (χ1) is 9.31. The van der Waals surface area contributed by atoms with E-state index in [1.807, 2.05) is 10.3 Å². The molecule has 1 aromatic rings. The van der Waals surface area contributed by atoms with E-state index < -0.39 is 0 Å². The monoisotopic (exact) mass is 367 g/mol. The molecule has 0 spiro atoms. The molecule has 128 valence electrons. The normalized spacial score (nSPS) is 21.2. The van der Waals surface area contributed by atoms with Crippen LogP contribution in [0.1, 0.15) is 44.8 Å². The predicted molar refractivity (Wildman–Crippen MR) is 97.4 cm³/mol. The molecule has 22 heavy (non-hydrogen) atoms. The summed E-state index contributed by atoms with van der Waals surface area (Å²) in [4.78, 5) is 19.0. The second kappa shape index (κ2) is 8.48. The van der Waals surface area contributed by atoms with Gasteiger partial charge < -0.3 is 10.6 Å². The molecule has 2 N–H and O–H groups in total. The summed E-state index contributed by atoms with van der Waals surface area (Å²) in [5.74, 6) is 0.633.